The van der Waals surface area contributed by atoms with Gasteiger partial charge in [-0.05, 0) is 47.9 Å². The summed E-state index contributed by atoms with van der Waals surface area (Å²) in [5.74, 6) is 0.445. The van der Waals surface area contributed by atoms with Crippen molar-refractivity contribution in [2.45, 2.75) is 42.5 Å². The van der Waals surface area contributed by atoms with Crippen LogP contribution in [-0.4, -0.2) is 22.4 Å². The highest BCUT2D eigenvalue weighted by Crippen LogP contribution is 2.52. The summed E-state index contributed by atoms with van der Waals surface area (Å²) in [6.45, 7) is 0.313. The lowest BCUT2D eigenvalue weighted by molar-refractivity contribution is -0.138. The van der Waals surface area contributed by atoms with Gasteiger partial charge in [0.2, 0.25) is 0 Å². The Hall–Kier alpha value is -3.86. The van der Waals surface area contributed by atoms with Crippen LogP contribution in [0.25, 0.3) is 0 Å². The van der Waals surface area contributed by atoms with Crippen molar-refractivity contribution in [3.8, 4) is 0 Å². The third kappa shape index (κ3) is 4.01. The largest absolute Gasteiger partial charge is 0.486 e. The average Bonchev–Trinajstić information content (AvgIpc) is 3.45. The van der Waals surface area contributed by atoms with E-state index in [1.54, 1.807) is 0 Å². The fourth-order valence-electron chi connectivity index (χ4n) is 5.91. The molecule has 4 aromatic carbocycles. The Morgan fingerprint density at radius 2 is 0.842 bits per heavy atom. The molecule has 2 N–H and O–H groups in total. The topological polar surface area (TPSA) is 58.9 Å². The monoisotopic (exact) mass is 504 g/mol. The van der Waals surface area contributed by atoms with E-state index in [2.05, 4.69) is 0 Å². The van der Waals surface area contributed by atoms with Crippen molar-refractivity contribution >= 4 is 0 Å². The van der Waals surface area contributed by atoms with E-state index in [1.807, 2.05) is 121 Å². The lowest BCUT2D eigenvalue weighted by Crippen LogP contribution is -2.48. The fraction of sp³-hybridized carbons (Fsp3) is 0.235. The van der Waals surface area contributed by atoms with Gasteiger partial charge in [-0.1, -0.05) is 121 Å². The first-order valence-electron chi connectivity index (χ1n) is 13.3. The Morgan fingerprint density at radius 3 is 1.21 bits per heavy atom. The summed E-state index contributed by atoms with van der Waals surface area (Å²) in [7, 11) is 0. The quantitative estimate of drug-likeness (QED) is 0.318. The number of rotatable bonds is 6. The number of hydrogen-bond acceptors (Lipinski definition) is 4. The van der Waals surface area contributed by atoms with E-state index < -0.39 is 16.8 Å². The highest BCUT2D eigenvalue weighted by atomic mass is 16.6. The second-order valence-corrected chi connectivity index (χ2v) is 10.3. The van der Waals surface area contributed by atoms with Gasteiger partial charge < -0.3 is 19.7 Å². The van der Waals surface area contributed by atoms with Gasteiger partial charge in [-0.25, -0.2) is 0 Å². The van der Waals surface area contributed by atoms with Crippen molar-refractivity contribution in [2.24, 2.45) is 0 Å². The Morgan fingerprint density at radius 1 is 0.500 bits per heavy atom. The molecule has 1 heterocycles. The number of aliphatic hydroxyl groups is 2. The van der Waals surface area contributed by atoms with E-state index in [1.165, 1.54) is 0 Å². The first-order chi connectivity index (χ1) is 18.6. The molecule has 1 saturated carbocycles. The van der Waals surface area contributed by atoms with Gasteiger partial charge in [-0.15, -0.1) is 0 Å². The van der Waals surface area contributed by atoms with Crippen LogP contribution < -0.4 is 0 Å². The molecule has 0 saturated heterocycles. The molecule has 1 aliphatic carbocycles. The summed E-state index contributed by atoms with van der Waals surface area (Å²) in [5.41, 5.74) is -1.41. The zero-order valence-electron chi connectivity index (χ0n) is 21.3. The molecule has 38 heavy (non-hydrogen) atoms. The molecular formula is C34H32O4. The summed E-state index contributed by atoms with van der Waals surface area (Å²) < 4.78 is 13.6. The standard InChI is InChI=1S/C34H32O4/c35-33(26-15-5-1-6-16-26,27-17-7-2-8-18-27)30-31(38-32(25-37-30)23-13-14-24-32)34(36,28-19-9-3-10-20-28)29-21-11-4-12-22-29/h1-12,15-22,35-36H,13-14,23-25H2. The molecule has 0 atom stereocenters. The molecular weight excluding hydrogens is 472 g/mol. The second kappa shape index (κ2) is 9.79. The van der Waals surface area contributed by atoms with Gasteiger partial charge in [-0.2, -0.15) is 0 Å². The number of benzene rings is 4. The van der Waals surface area contributed by atoms with Crippen LogP contribution in [0.2, 0.25) is 0 Å². The Balaban J connectivity index is 1.68. The van der Waals surface area contributed by atoms with E-state index in [9.17, 15) is 10.2 Å². The second-order valence-electron chi connectivity index (χ2n) is 10.3. The minimum absolute atomic E-state index is 0.211. The van der Waals surface area contributed by atoms with Crippen LogP contribution in [0.1, 0.15) is 47.9 Å². The maximum atomic E-state index is 12.9. The summed E-state index contributed by atoms with van der Waals surface area (Å²) in [5, 5.41) is 25.6. The van der Waals surface area contributed by atoms with Gasteiger partial charge >= 0.3 is 0 Å². The fourth-order valence-corrected chi connectivity index (χ4v) is 5.91. The average molecular weight is 505 g/mol. The van der Waals surface area contributed by atoms with Gasteiger partial charge in [0, 0.05) is 0 Å². The molecule has 2 aliphatic rings. The molecule has 0 unspecified atom stereocenters. The maximum absolute atomic E-state index is 12.9. The van der Waals surface area contributed by atoms with Crippen molar-refractivity contribution in [3.63, 3.8) is 0 Å². The van der Waals surface area contributed by atoms with Crippen LogP contribution in [0, 0.1) is 0 Å². The third-order valence-electron chi connectivity index (χ3n) is 7.94. The number of hydrogen-bond donors (Lipinski definition) is 2. The molecule has 6 rings (SSSR count). The number of ether oxygens (including phenoxy) is 2. The van der Waals surface area contributed by atoms with Crippen LogP contribution in [0.5, 0.6) is 0 Å². The highest BCUT2D eigenvalue weighted by molar-refractivity contribution is 5.51. The van der Waals surface area contributed by atoms with Gasteiger partial charge in [0.25, 0.3) is 0 Å². The third-order valence-corrected chi connectivity index (χ3v) is 7.94. The molecule has 0 amide bonds. The predicted octanol–water partition coefficient (Wildman–Crippen LogP) is 6.43. The van der Waals surface area contributed by atoms with Crippen LogP contribution >= 0.6 is 0 Å². The van der Waals surface area contributed by atoms with E-state index in [0.717, 1.165) is 25.7 Å². The van der Waals surface area contributed by atoms with Crippen molar-refractivity contribution in [2.75, 3.05) is 6.61 Å². The van der Waals surface area contributed by atoms with Crippen molar-refractivity contribution in [1.82, 2.24) is 0 Å². The smallest absolute Gasteiger partial charge is 0.179 e. The molecule has 4 nitrogen and oxygen atoms in total. The molecule has 0 aromatic heterocycles. The molecule has 192 valence electrons. The molecule has 4 heteroatoms. The van der Waals surface area contributed by atoms with Crippen LogP contribution in [0.15, 0.2) is 133 Å². The first-order valence-corrected chi connectivity index (χ1v) is 13.3. The molecule has 1 fully saturated rings. The normalized spacial score (nSPS) is 17.2. The first kappa shape index (κ1) is 24.5. The van der Waals surface area contributed by atoms with Gasteiger partial charge in [0.1, 0.15) is 12.2 Å². The Kier molecular flexibility index (Phi) is 6.30. The molecule has 1 spiro atoms. The minimum Gasteiger partial charge on any atom is -0.486 e. The molecule has 0 bridgehead atoms. The van der Waals surface area contributed by atoms with Gasteiger partial charge in [0.15, 0.2) is 22.7 Å². The van der Waals surface area contributed by atoms with E-state index in [4.69, 9.17) is 9.47 Å². The molecule has 4 aromatic rings. The molecule has 1 aliphatic heterocycles. The van der Waals surface area contributed by atoms with Crippen molar-refractivity contribution in [3.05, 3.63) is 155 Å². The Bertz CT molecular complexity index is 1310. The summed E-state index contributed by atoms with van der Waals surface area (Å²) in [6, 6.07) is 37.9. The predicted molar refractivity (Wildman–Crippen MR) is 147 cm³/mol. The van der Waals surface area contributed by atoms with Crippen LogP contribution in [0.3, 0.4) is 0 Å². The summed E-state index contributed by atoms with van der Waals surface area (Å²) in [4.78, 5) is 0. The molecule has 0 radical (unpaired) electrons. The SMILES string of the molecule is OC(C1=C(C(O)(c2ccccc2)c2ccccc2)OC2(CCCC2)CO1)(c1ccccc1)c1ccccc1. The Labute approximate surface area is 223 Å². The minimum atomic E-state index is -1.70. The summed E-state index contributed by atoms with van der Waals surface area (Å²) >= 11 is 0. The van der Waals surface area contributed by atoms with E-state index in [-0.39, 0.29) is 11.5 Å². The van der Waals surface area contributed by atoms with E-state index >= 15 is 0 Å². The van der Waals surface area contributed by atoms with Gasteiger partial charge in [-0.3, -0.25) is 0 Å². The van der Waals surface area contributed by atoms with E-state index in [0.29, 0.717) is 28.9 Å². The van der Waals surface area contributed by atoms with Gasteiger partial charge in [0.05, 0.1) is 0 Å². The zero-order valence-corrected chi connectivity index (χ0v) is 21.3. The lowest BCUT2D eigenvalue weighted by atomic mass is 9.77. The lowest BCUT2D eigenvalue weighted by Gasteiger charge is -2.46. The van der Waals surface area contributed by atoms with Crippen molar-refractivity contribution in [1.29, 1.82) is 0 Å². The highest BCUT2D eigenvalue weighted by Gasteiger charge is 2.54. The van der Waals surface area contributed by atoms with Crippen LogP contribution in [-0.2, 0) is 20.7 Å². The zero-order chi connectivity index (χ0) is 26.1. The maximum Gasteiger partial charge on any atom is 0.179 e. The van der Waals surface area contributed by atoms with Crippen LogP contribution in [0.4, 0.5) is 0 Å². The van der Waals surface area contributed by atoms with Crippen molar-refractivity contribution < 1.29 is 19.7 Å². The summed E-state index contributed by atoms with van der Waals surface area (Å²) in [6.07, 6.45) is 3.72.